The minimum atomic E-state index is -0.715. The summed E-state index contributed by atoms with van der Waals surface area (Å²) in [6.45, 7) is 1.96. The molecule has 0 saturated carbocycles. The lowest BCUT2D eigenvalue weighted by Crippen LogP contribution is -2.34. The van der Waals surface area contributed by atoms with E-state index in [4.69, 9.17) is 18.0 Å². The molecule has 1 heterocycles. The van der Waals surface area contributed by atoms with Gasteiger partial charge in [0.05, 0.1) is 5.70 Å². The van der Waals surface area contributed by atoms with E-state index in [1.165, 1.54) is 9.93 Å². The molecule has 0 aromatic carbocycles. The van der Waals surface area contributed by atoms with Crippen LogP contribution < -0.4 is 16.6 Å². The number of nitrogens with zero attached hydrogens (tertiary/aromatic N) is 1. The van der Waals surface area contributed by atoms with Crippen LogP contribution in [0.25, 0.3) is 0 Å². The van der Waals surface area contributed by atoms with Crippen molar-refractivity contribution in [2.24, 2.45) is 12.8 Å². The van der Waals surface area contributed by atoms with Crippen LogP contribution in [0.2, 0.25) is 0 Å². The number of pyridine rings is 1. The Balaban J connectivity index is 2.58. The highest BCUT2D eigenvalue weighted by atomic mass is 32.1. The number of carbonyl (C=O) groups is 1. The molecule has 0 aliphatic heterocycles. The number of carbonyl (C=O) groups excluding carboxylic acids is 1. The number of hydrogen-bond acceptors (Lipinski definition) is 5. The Morgan fingerprint density at radius 1 is 1.57 bits per heavy atom. The number of allylic oxidation sites excluding steroid dienone is 1. The first-order valence-corrected chi connectivity index (χ1v) is 7.02. The number of rotatable bonds is 3. The lowest BCUT2D eigenvalue weighted by molar-refractivity contribution is 0.0963. The Kier molecular flexibility index (Phi) is 4.13. The van der Waals surface area contributed by atoms with E-state index in [1.807, 2.05) is 6.92 Å². The first-order valence-electron chi connectivity index (χ1n) is 6.55. The maximum atomic E-state index is 12.3. The van der Waals surface area contributed by atoms with Gasteiger partial charge in [-0.15, -0.1) is 0 Å². The van der Waals surface area contributed by atoms with E-state index in [9.17, 15) is 14.7 Å². The van der Waals surface area contributed by atoms with Crippen molar-refractivity contribution < 1.29 is 9.90 Å². The number of fused-ring (bicyclic) bond motifs is 1. The average Bonchev–Trinajstić information content (AvgIpc) is 2.84. The van der Waals surface area contributed by atoms with Crippen molar-refractivity contribution in [1.82, 2.24) is 9.88 Å². The summed E-state index contributed by atoms with van der Waals surface area (Å²) in [6, 6.07) is 0. The summed E-state index contributed by atoms with van der Waals surface area (Å²) < 4.78 is 1.43. The summed E-state index contributed by atoms with van der Waals surface area (Å²) >= 11 is 4.70. The van der Waals surface area contributed by atoms with Gasteiger partial charge in [-0.25, -0.2) is 0 Å². The zero-order chi connectivity index (χ0) is 15.7. The largest absolute Gasteiger partial charge is 0.507 e. The first-order chi connectivity index (χ1) is 9.92. The third-order valence-corrected chi connectivity index (χ3v) is 4.08. The van der Waals surface area contributed by atoms with Gasteiger partial charge in [-0.05, 0) is 18.8 Å². The van der Waals surface area contributed by atoms with Gasteiger partial charge >= 0.3 is 0 Å². The van der Waals surface area contributed by atoms with E-state index in [0.29, 0.717) is 12.0 Å². The number of nitrogens with two attached hydrogens (primary N) is 1. The van der Waals surface area contributed by atoms with Gasteiger partial charge in [-0.3, -0.25) is 9.59 Å². The van der Waals surface area contributed by atoms with Crippen molar-refractivity contribution in [3.8, 4) is 5.75 Å². The van der Waals surface area contributed by atoms with Gasteiger partial charge in [0.25, 0.3) is 11.5 Å². The summed E-state index contributed by atoms with van der Waals surface area (Å²) in [5, 5.41) is 14.0. The second-order valence-electron chi connectivity index (χ2n) is 5.08. The number of aromatic nitrogens is 1. The predicted octanol–water partition coefficient (Wildman–Crippen LogP) is 0.670. The standard InChI is InChI=1S/C14H17N3O3S/c1-7-3-4-9-10(7)12(18)11(14(20)17(9)2)13(19)16-8(5-15)6-21/h5-7,18H,3-4,15H2,1-2H3,(H,16,19)/b8-5+/t7-/m0/s1. The Bertz CT molecular complexity index is 706. The fraction of sp³-hybridized carbons (Fsp3) is 0.357. The minimum Gasteiger partial charge on any atom is -0.507 e. The number of aromatic hydroxyl groups is 1. The van der Waals surface area contributed by atoms with Gasteiger partial charge in [0.1, 0.15) is 11.3 Å². The second kappa shape index (κ2) is 5.69. The lowest BCUT2D eigenvalue weighted by Gasteiger charge is -2.15. The summed E-state index contributed by atoms with van der Waals surface area (Å²) in [5.74, 6) is -0.850. The predicted molar refractivity (Wildman–Crippen MR) is 83.5 cm³/mol. The smallest absolute Gasteiger partial charge is 0.267 e. The Morgan fingerprint density at radius 3 is 2.81 bits per heavy atom. The highest BCUT2D eigenvalue weighted by Crippen LogP contribution is 2.38. The van der Waals surface area contributed by atoms with Crippen molar-refractivity contribution in [1.29, 1.82) is 0 Å². The molecule has 4 N–H and O–H groups in total. The molecule has 1 aliphatic rings. The molecular weight excluding hydrogens is 290 g/mol. The molecule has 1 aliphatic carbocycles. The maximum Gasteiger partial charge on any atom is 0.267 e. The molecule has 21 heavy (non-hydrogen) atoms. The van der Waals surface area contributed by atoms with E-state index >= 15 is 0 Å². The van der Waals surface area contributed by atoms with Crippen LogP contribution in [-0.4, -0.2) is 20.9 Å². The van der Waals surface area contributed by atoms with Crippen LogP contribution in [0.3, 0.4) is 0 Å². The van der Waals surface area contributed by atoms with Gasteiger partial charge in [0.15, 0.2) is 0 Å². The molecule has 0 spiro atoms. The maximum absolute atomic E-state index is 12.3. The molecule has 1 aromatic heterocycles. The monoisotopic (exact) mass is 307 g/mol. The fourth-order valence-corrected chi connectivity index (χ4v) is 2.81. The van der Waals surface area contributed by atoms with Crippen molar-refractivity contribution in [2.45, 2.75) is 25.7 Å². The lowest BCUT2D eigenvalue weighted by atomic mass is 10.0. The van der Waals surface area contributed by atoms with E-state index in [-0.39, 0.29) is 22.9 Å². The van der Waals surface area contributed by atoms with E-state index in [0.717, 1.165) is 18.3 Å². The topological polar surface area (TPSA) is 97.3 Å². The normalized spacial score (nSPS) is 17.4. The van der Waals surface area contributed by atoms with E-state index in [2.05, 4.69) is 5.32 Å². The third-order valence-electron chi connectivity index (χ3n) is 3.82. The van der Waals surface area contributed by atoms with Gasteiger partial charge in [-0.2, -0.15) is 0 Å². The number of thiocarbonyl (C=S) groups is 1. The second-order valence-corrected chi connectivity index (χ2v) is 5.32. The minimum absolute atomic E-state index is 0.105. The molecule has 2 rings (SSSR count). The zero-order valence-electron chi connectivity index (χ0n) is 11.8. The zero-order valence-corrected chi connectivity index (χ0v) is 12.7. The molecule has 0 fully saturated rings. The fourth-order valence-electron chi connectivity index (χ4n) is 2.67. The molecule has 0 saturated heterocycles. The molecule has 1 amide bonds. The Hall–Kier alpha value is -2.15. The van der Waals surface area contributed by atoms with Crippen molar-refractivity contribution >= 4 is 23.5 Å². The molecular formula is C14H17N3O3S. The molecule has 1 aromatic rings. The summed E-state index contributed by atoms with van der Waals surface area (Å²) in [7, 11) is 1.61. The van der Waals surface area contributed by atoms with Crippen molar-refractivity contribution in [2.75, 3.05) is 0 Å². The van der Waals surface area contributed by atoms with Crippen molar-refractivity contribution in [3.05, 3.63) is 39.1 Å². The highest BCUT2D eigenvalue weighted by Gasteiger charge is 2.30. The van der Waals surface area contributed by atoms with Crippen LogP contribution in [0.4, 0.5) is 0 Å². The van der Waals surface area contributed by atoms with Crippen LogP contribution in [0.5, 0.6) is 5.75 Å². The number of hydrogen-bond donors (Lipinski definition) is 3. The van der Waals surface area contributed by atoms with Gasteiger partial charge < -0.3 is 20.7 Å². The molecule has 1 atom stereocenters. The van der Waals surface area contributed by atoms with Crippen LogP contribution in [0.15, 0.2) is 16.7 Å². The Labute approximate surface area is 127 Å². The molecule has 6 nitrogen and oxygen atoms in total. The van der Waals surface area contributed by atoms with E-state index < -0.39 is 11.5 Å². The summed E-state index contributed by atoms with van der Waals surface area (Å²) in [5.41, 5.74) is 6.15. The average molecular weight is 307 g/mol. The molecule has 0 unspecified atom stereocenters. The van der Waals surface area contributed by atoms with Crippen LogP contribution >= 0.6 is 12.2 Å². The molecule has 0 radical (unpaired) electrons. The number of nitrogens with one attached hydrogen (secondary N) is 1. The Morgan fingerprint density at radius 2 is 2.24 bits per heavy atom. The van der Waals surface area contributed by atoms with Gasteiger partial charge in [0, 0.05) is 29.9 Å². The molecule has 0 bridgehead atoms. The van der Waals surface area contributed by atoms with E-state index in [1.54, 1.807) is 7.05 Å². The summed E-state index contributed by atoms with van der Waals surface area (Å²) in [6.07, 6.45) is 2.68. The summed E-state index contributed by atoms with van der Waals surface area (Å²) in [4.78, 5) is 24.5. The third kappa shape index (κ3) is 2.44. The van der Waals surface area contributed by atoms with Crippen LogP contribution in [0, 0.1) is 0 Å². The molecule has 7 heteroatoms. The number of amides is 1. The first kappa shape index (κ1) is 15.2. The SMILES string of the molecule is C[C@H]1CCc2c1c(O)c(C(=O)N/C(C=S)=C/N)c(=O)n2C. The van der Waals surface area contributed by atoms with Gasteiger partial charge in [0.2, 0.25) is 0 Å². The van der Waals surface area contributed by atoms with Crippen LogP contribution in [0.1, 0.15) is 40.9 Å². The quantitative estimate of drug-likeness (QED) is 0.563. The van der Waals surface area contributed by atoms with Crippen molar-refractivity contribution in [3.63, 3.8) is 0 Å². The van der Waals surface area contributed by atoms with Gasteiger partial charge in [-0.1, -0.05) is 19.1 Å². The van der Waals surface area contributed by atoms with Crippen LogP contribution in [-0.2, 0) is 13.5 Å². The highest BCUT2D eigenvalue weighted by molar-refractivity contribution is 7.79. The molecule has 112 valence electrons.